The SMILES string of the molecule is CNC(=O)[C@@H]1CN(C(=O)COc2cc(C(C)C)ccc2C)c2ccccc2O1. The molecule has 0 aromatic heterocycles. The molecule has 28 heavy (non-hydrogen) atoms. The maximum absolute atomic E-state index is 12.9. The summed E-state index contributed by atoms with van der Waals surface area (Å²) in [6.45, 7) is 6.21. The van der Waals surface area contributed by atoms with E-state index in [1.807, 2.05) is 31.2 Å². The van der Waals surface area contributed by atoms with Crippen LogP contribution in [0.2, 0.25) is 0 Å². The first-order chi connectivity index (χ1) is 13.4. The van der Waals surface area contributed by atoms with Crippen molar-refractivity contribution in [1.82, 2.24) is 5.32 Å². The van der Waals surface area contributed by atoms with Crippen molar-refractivity contribution in [3.8, 4) is 11.5 Å². The van der Waals surface area contributed by atoms with Gasteiger partial charge in [0.2, 0.25) is 0 Å². The molecule has 2 aromatic carbocycles. The number of hydrogen-bond donors (Lipinski definition) is 1. The van der Waals surface area contributed by atoms with Crippen molar-refractivity contribution in [2.45, 2.75) is 32.8 Å². The summed E-state index contributed by atoms with van der Waals surface area (Å²) < 4.78 is 11.6. The van der Waals surface area contributed by atoms with E-state index in [2.05, 4.69) is 25.2 Å². The van der Waals surface area contributed by atoms with Crippen LogP contribution in [0, 0.1) is 6.92 Å². The van der Waals surface area contributed by atoms with Gasteiger partial charge < -0.3 is 19.7 Å². The molecule has 0 spiro atoms. The van der Waals surface area contributed by atoms with Crippen LogP contribution in [0.3, 0.4) is 0 Å². The van der Waals surface area contributed by atoms with Gasteiger partial charge in [0.1, 0.15) is 11.5 Å². The first kappa shape index (κ1) is 19.7. The number of hydrogen-bond acceptors (Lipinski definition) is 4. The highest BCUT2D eigenvalue weighted by Crippen LogP contribution is 2.33. The zero-order chi connectivity index (χ0) is 20.3. The number of benzene rings is 2. The van der Waals surface area contributed by atoms with Gasteiger partial charge in [-0.05, 0) is 42.2 Å². The standard InChI is InChI=1S/C22H26N2O4/c1-14(2)16-10-9-15(3)19(11-16)27-13-21(25)24-12-20(22(26)23-4)28-18-8-6-5-7-17(18)24/h5-11,14,20H,12-13H2,1-4H3,(H,23,26)/t20-/m0/s1. The summed E-state index contributed by atoms with van der Waals surface area (Å²) in [5.41, 5.74) is 2.77. The van der Waals surface area contributed by atoms with E-state index < -0.39 is 6.10 Å². The summed E-state index contributed by atoms with van der Waals surface area (Å²) in [4.78, 5) is 26.6. The number of amides is 2. The average molecular weight is 382 g/mol. The van der Waals surface area contributed by atoms with Crippen LogP contribution < -0.4 is 19.7 Å². The fraction of sp³-hybridized carbons (Fsp3) is 0.364. The van der Waals surface area contributed by atoms with Gasteiger partial charge >= 0.3 is 0 Å². The van der Waals surface area contributed by atoms with E-state index in [-0.39, 0.29) is 25.0 Å². The molecule has 0 bridgehead atoms. The maximum atomic E-state index is 12.9. The lowest BCUT2D eigenvalue weighted by molar-refractivity contribution is -0.128. The van der Waals surface area contributed by atoms with E-state index in [9.17, 15) is 9.59 Å². The minimum atomic E-state index is -0.755. The third-order valence-corrected chi connectivity index (χ3v) is 4.84. The van der Waals surface area contributed by atoms with Crippen molar-refractivity contribution >= 4 is 17.5 Å². The lowest BCUT2D eigenvalue weighted by Gasteiger charge is -2.34. The molecule has 0 aliphatic carbocycles. The quantitative estimate of drug-likeness (QED) is 0.863. The summed E-state index contributed by atoms with van der Waals surface area (Å²) in [6.07, 6.45) is -0.755. The Morgan fingerprint density at radius 1 is 1.25 bits per heavy atom. The van der Waals surface area contributed by atoms with Gasteiger partial charge in [-0.3, -0.25) is 9.59 Å². The second-order valence-electron chi connectivity index (χ2n) is 7.16. The zero-order valence-corrected chi connectivity index (χ0v) is 16.7. The van der Waals surface area contributed by atoms with Crippen molar-refractivity contribution in [3.05, 3.63) is 53.6 Å². The molecule has 0 saturated carbocycles. The van der Waals surface area contributed by atoms with Gasteiger partial charge in [-0.15, -0.1) is 0 Å². The van der Waals surface area contributed by atoms with Gasteiger partial charge in [0.25, 0.3) is 11.8 Å². The molecule has 3 rings (SSSR count). The van der Waals surface area contributed by atoms with E-state index in [0.29, 0.717) is 23.1 Å². The third-order valence-electron chi connectivity index (χ3n) is 4.84. The molecule has 0 fully saturated rings. The van der Waals surface area contributed by atoms with Crippen molar-refractivity contribution in [1.29, 1.82) is 0 Å². The normalized spacial score (nSPS) is 15.6. The molecule has 1 N–H and O–H groups in total. The number of ether oxygens (including phenoxy) is 2. The van der Waals surface area contributed by atoms with Gasteiger partial charge in [-0.1, -0.05) is 38.1 Å². The lowest BCUT2D eigenvalue weighted by atomic mass is 10.0. The topological polar surface area (TPSA) is 67.9 Å². The minimum absolute atomic E-state index is 0.114. The maximum Gasteiger partial charge on any atom is 0.265 e. The summed E-state index contributed by atoms with van der Waals surface area (Å²) in [5.74, 6) is 1.09. The molecular formula is C22H26N2O4. The smallest absolute Gasteiger partial charge is 0.265 e. The fourth-order valence-corrected chi connectivity index (χ4v) is 3.12. The highest BCUT2D eigenvalue weighted by Gasteiger charge is 2.33. The van der Waals surface area contributed by atoms with Crippen LogP contribution >= 0.6 is 0 Å². The molecule has 1 heterocycles. The molecule has 1 aliphatic heterocycles. The molecule has 1 aliphatic rings. The van der Waals surface area contributed by atoms with Gasteiger partial charge in [-0.25, -0.2) is 0 Å². The van der Waals surface area contributed by atoms with Crippen molar-refractivity contribution < 1.29 is 19.1 Å². The van der Waals surface area contributed by atoms with E-state index in [0.717, 1.165) is 11.1 Å². The number of aryl methyl sites for hydroxylation is 1. The highest BCUT2D eigenvalue weighted by molar-refractivity contribution is 5.98. The van der Waals surface area contributed by atoms with E-state index in [1.54, 1.807) is 24.1 Å². The van der Waals surface area contributed by atoms with Crippen LogP contribution in [0.4, 0.5) is 5.69 Å². The predicted molar refractivity (Wildman–Crippen MR) is 108 cm³/mol. The second-order valence-corrected chi connectivity index (χ2v) is 7.16. The van der Waals surface area contributed by atoms with Gasteiger partial charge in [0.15, 0.2) is 12.7 Å². The van der Waals surface area contributed by atoms with Crippen LogP contribution in [0.1, 0.15) is 30.9 Å². The number of carbonyl (C=O) groups excluding carboxylic acids is 2. The average Bonchev–Trinajstić information content (AvgIpc) is 2.71. The monoisotopic (exact) mass is 382 g/mol. The number of carbonyl (C=O) groups is 2. The second kappa shape index (κ2) is 8.33. The Kier molecular flexibility index (Phi) is 5.87. The molecule has 2 aromatic rings. The predicted octanol–water partition coefficient (Wildman–Crippen LogP) is 3.04. The Labute approximate surface area is 165 Å². The van der Waals surface area contributed by atoms with Crippen molar-refractivity contribution in [2.24, 2.45) is 0 Å². The molecule has 0 unspecified atom stereocenters. The van der Waals surface area contributed by atoms with Crippen LogP contribution in [0.25, 0.3) is 0 Å². The van der Waals surface area contributed by atoms with Crippen LogP contribution in [-0.4, -0.2) is 38.1 Å². The molecule has 6 nitrogen and oxygen atoms in total. The number of nitrogens with one attached hydrogen (secondary N) is 1. The molecule has 6 heteroatoms. The Balaban J connectivity index is 1.78. The summed E-state index contributed by atoms with van der Waals surface area (Å²) in [7, 11) is 1.55. The Morgan fingerprint density at radius 3 is 2.71 bits per heavy atom. The molecule has 0 saturated heterocycles. The summed E-state index contributed by atoms with van der Waals surface area (Å²) in [6, 6.07) is 13.3. The molecule has 0 radical (unpaired) electrons. The number of fused-ring (bicyclic) bond motifs is 1. The van der Waals surface area contributed by atoms with Crippen LogP contribution in [-0.2, 0) is 9.59 Å². The number of anilines is 1. The van der Waals surface area contributed by atoms with Crippen LogP contribution in [0.5, 0.6) is 11.5 Å². The Hall–Kier alpha value is -3.02. The number of para-hydroxylation sites is 2. The molecular weight excluding hydrogens is 356 g/mol. The van der Waals surface area contributed by atoms with Crippen molar-refractivity contribution in [2.75, 3.05) is 25.1 Å². The third kappa shape index (κ3) is 4.11. The first-order valence-corrected chi connectivity index (χ1v) is 9.41. The Bertz CT molecular complexity index is 879. The van der Waals surface area contributed by atoms with E-state index >= 15 is 0 Å². The largest absolute Gasteiger partial charge is 0.483 e. The fourth-order valence-electron chi connectivity index (χ4n) is 3.12. The van der Waals surface area contributed by atoms with Gasteiger partial charge in [0.05, 0.1) is 12.2 Å². The van der Waals surface area contributed by atoms with Crippen LogP contribution in [0.15, 0.2) is 42.5 Å². The van der Waals surface area contributed by atoms with E-state index in [4.69, 9.17) is 9.47 Å². The lowest BCUT2D eigenvalue weighted by Crippen LogP contribution is -2.51. The first-order valence-electron chi connectivity index (χ1n) is 9.41. The highest BCUT2D eigenvalue weighted by atomic mass is 16.5. The summed E-state index contributed by atoms with van der Waals surface area (Å²) in [5, 5.41) is 2.57. The Morgan fingerprint density at radius 2 is 2.00 bits per heavy atom. The molecule has 2 amide bonds. The number of nitrogens with zero attached hydrogens (tertiary/aromatic N) is 1. The van der Waals surface area contributed by atoms with E-state index in [1.165, 1.54) is 0 Å². The van der Waals surface area contributed by atoms with Gasteiger partial charge in [-0.2, -0.15) is 0 Å². The minimum Gasteiger partial charge on any atom is -0.483 e. The van der Waals surface area contributed by atoms with Crippen molar-refractivity contribution in [3.63, 3.8) is 0 Å². The van der Waals surface area contributed by atoms with Gasteiger partial charge in [0, 0.05) is 7.05 Å². The zero-order valence-electron chi connectivity index (χ0n) is 16.7. The molecule has 148 valence electrons. The molecule has 1 atom stereocenters. The number of rotatable bonds is 5. The summed E-state index contributed by atoms with van der Waals surface area (Å²) >= 11 is 0. The number of likely N-dealkylation sites (N-methyl/N-ethyl adjacent to an activating group) is 1.